The number of rotatable bonds is 11. The van der Waals surface area contributed by atoms with E-state index < -0.39 is 45.2 Å². The summed E-state index contributed by atoms with van der Waals surface area (Å²) in [6, 6.07) is 19.5. The van der Waals surface area contributed by atoms with Crippen molar-refractivity contribution in [3.8, 4) is 6.07 Å². The molecule has 0 spiro atoms. The fourth-order valence-corrected chi connectivity index (χ4v) is 6.75. The number of alkyl halides is 5. The Morgan fingerprint density at radius 3 is 2.17 bits per heavy atom. The van der Waals surface area contributed by atoms with E-state index in [1.165, 1.54) is 31.2 Å². The lowest BCUT2D eigenvalue weighted by Gasteiger charge is -2.49. The second-order valence-corrected chi connectivity index (χ2v) is 14.4. The first-order chi connectivity index (χ1) is 22.0. The molecule has 1 amide bonds. The summed E-state index contributed by atoms with van der Waals surface area (Å²) in [5.74, 6) is -0.755. The van der Waals surface area contributed by atoms with Crippen LogP contribution >= 0.6 is 0 Å². The van der Waals surface area contributed by atoms with Gasteiger partial charge < -0.3 is 15.0 Å². The molecule has 13 heteroatoms. The van der Waals surface area contributed by atoms with Gasteiger partial charge in [-0.1, -0.05) is 31.2 Å². The molecule has 0 aliphatic carbocycles. The topological polar surface area (TPSA) is 99.5 Å². The normalized spacial score (nSPS) is 20.0. The third-order valence-electron chi connectivity index (χ3n) is 8.81. The summed E-state index contributed by atoms with van der Waals surface area (Å²) in [6.45, 7) is 2.01. The van der Waals surface area contributed by atoms with Gasteiger partial charge in [-0.3, -0.25) is 4.79 Å². The predicted molar refractivity (Wildman–Crippen MR) is 167 cm³/mol. The number of anilines is 1. The van der Waals surface area contributed by atoms with Crippen molar-refractivity contribution >= 4 is 21.4 Å². The van der Waals surface area contributed by atoms with Gasteiger partial charge >= 0.3 is 12.8 Å². The minimum Gasteiger partial charge on any atom is -0.363 e. The monoisotopic (exact) mass is 677 g/mol. The Labute approximate surface area is 271 Å². The molecule has 0 radical (unpaired) electrons. The molecule has 0 bridgehead atoms. The third kappa shape index (κ3) is 8.29. The molecule has 3 atom stereocenters. The number of ether oxygens (including phenoxy) is 1. The van der Waals surface area contributed by atoms with Crippen LogP contribution in [-0.4, -0.2) is 45.4 Å². The zero-order chi connectivity index (χ0) is 34.6. The molecular weight excluding hydrogens is 641 g/mol. The van der Waals surface area contributed by atoms with Crippen molar-refractivity contribution < 1.29 is 39.9 Å². The van der Waals surface area contributed by atoms with Gasteiger partial charge in [-0.2, -0.15) is 27.2 Å². The molecule has 252 valence electrons. The van der Waals surface area contributed by atoms with E-state index in [1.807, 2.05) is 4.90 Å². The van der Waals surface area contributed by atoms with E-state index in [0.717, 1.165) is 12.1 Å². The van der Waals surface area contributed by atoms with Gasteiger partial charge in [-0.15, -0.1) is 0 Å². The zero-order valence-electron chi connectivity index (χ0n) is 26.2. The molecule has 0 aromatic heterocycles. The van der Waals surface area contributed by atoms with Crippen molar-refractivity contribution in [3.63, 3.8) is 0 Å². The van der Waals surface area contributed by atoms with Gasteiger partial charge in [0.1, 0.15) is 0 Å². The Morgan fingerprint density at radius 2 is 1.64 bits per heavy atom. The van der Waals surface area contributed by atoms with Gasteiger partial charge in [-0.05, 0) is 86.3 Å². The molecule has 1 aliphatic rings. The van der Waals surface area contributed by atoms with Crippen LogP contribution in [0.3, 0.4) is 0 Å². The minimum absolute atomic E-state index is 0.0694. The highest BCUT2D eigenvalue weighted by molar-refractivity contribution is 7.91. The first-order valence-electron chi connectivity index (χ1n) is 15.0. The molecule has 3 aromatic carbocycles. The highest BCUT2D eigenvalue weighted by Crippen LogP contribution is 2.40. The second-order valence-electron chi connectivity index (χ2n) is 12.1. The SMILES string of the molecule is CCS(=O)(=O)c1ccc(C(C)(CC#N)NC(=O)c2ccc(N3C[C@H](c4ccc(C(F)(F)F)cc4)CC[C@]3(C)COC(F)F)cc2)cc1. The molecule has 47 heavy (non-hydrogen) atoms. The van der Waals surface area contributed by atoms with Crippen LogP contribution in [0.4, 0.5) is 27.6 Å². The molecule has 3 aromatic rings. The van der Waals surface area contributed by atoms with Crippen LogP contribution in [0, 0.1) is 11.3 Å². The molecule has 1 fully saturated rings. The highest BCUT2D eigenvalue weighted by atomic mass is 32.2. The Balaban J connectivity index is 1.58. The number of nitrogens with one attached hydrogen (secondary N) is 1. The van der Waals surface area contributed by atoms with E-state index in [-0.39, 0.29) is 35.2 Å². The lowest BCUT2D eigenvalue weighted by molar-refractivity contribution is -0.142. The van der Waals surface area contributed by atoms with Gasteiger partial charge in [0.05, 0.1) is 46.4 Å². The maximum absolute atomic E-state index is 13.4. The number of nitrogens with zero attached hydrogens (tertiary/aromatic N) is 2. The van der Waals surface area contributed by atoms with E-state index in [2.05, 4.69) is 11.4 Å². The summed E-state index contributed by atoms with van der Waals surface area (Å²) in [5.41, 5.74) is -0.692. The summed E-state index contributed by atoms with van der Waals surface area (Å²) >= 11 is 0. The largest absolute Gasteiger partial charge is 0.416 e. The zero-order valence-corrected chi connectivity index (χ0v) is 27.0. The van der Waals surface area contributed by atoms with Crippen molar-refractivity contribution in [2.45, 2.75) is 74.7 Å². The molecule has 4 rings (SSSR count). The highest BCUT2D eigenvalue weighted by Gasteiger charge is 2.40. The van der Waals surface area contributed by atoms with Crippen LogP contribution < -0.4 is 10.2 Å². The van der Waals surface area contributed by atoms with E-state index in [4.69, 9.17) is 4.74 Å². The number of halogens is 5. The van der Waals surface area contributed by atoms with Crippen molar-refractivity contribution in [2.24, 2.45) is 0 Å². The molecule has 1 aliphatic heterocycles. The first kappa shape index (κ1) is 35.8. The smallest absolute Gasteiger partial charge is 0.363 e. The quantitative estimate of drug-likeness (QED) is 0.212. The average molecular weight is 678 g/mol. The van der Waals surface area contributed by atoms with Crippen molar-refractivity contribution in [3.05, 3.63) is 95.1 Å². The molecular formula is C34H36F5N3O4S. The molecule has 1 saturated heterocycles. The summed E-state index contributed by atoms with van der Waals surface area (Å²) in [4.78, 5) is 15.4. The molecule has 0 saturated carbocycles. The number of sulfone groups is 1. The van der Waals surface area contributed by atoms with Gasteiger partial charge in [0.2, 0.25) is 0 Å². The van der Waals surface area contributed by atoms with Crippen molar-refractivity contribution in [2.75, 3.05) is 23.8 Å². The van der Waals surface area contributed by atoms with E-state index in [0.29, 0.717) is 36.2 Å². The van der Waals surface area contributed by atoms with Crippen molar-refractivity contribution in [1.82, 2.24) is 5.32 Å². The number of nitriles is 1. The Hall–Kier alpha value is -4.02. The molecule has 1 unspecified atom stereocenters. The second kappa shape index (κ2) is 14.0. The summed E-state index contributed by atoms with van der Waals surface area (Å²) in [6.07, 6.45) is -3.62. The maximum atomic E-state index is 13.4. The number of benzene rings is 3. The number of hydrogen-bond donors (Lipinski definition) is 1. The molecule has 7 nitrogen and oxygen atoms in total. The fourth-order valence-electron chi connectivity index (χ4n) is 5.87. The minimum atomic E-state index is -4.47. The van der Waals surface area contributed by atoms with E-state index >= 15 is 0 Å². The number of amides is 1. The van der Waals surface area contributed by atoms with E-state index in [1.54, 1.807) is 50.2 Å². The third-order valence-corrected chi connectivity index (χ3v) is 10.6. The van der Waals surface area contributed by atoms with Crippen LogP contribution in [0.15, 0.2) is 77.7 Å². The average Bonchev–Trinajstić information content (AvgIpc) is 3.04. The van der Waals surface area contributed by atoms with Gasteiger partial charge in [0, 0.05) is 23.7 Å². The summed E-state index contributed by atoms with van der Waals surface area (Å²) < 4.78 is 94.7. The predicted octanol–water partition coefficient (Wildman–Crippen LogP) is 7.44. The lowest BCUT2D eigenvalue weighted by Crippen LogP contribution is -2.55. The van der Waals surface area contributed by atoms with Gasteiger partial charge in [0.15, 0.2) is 9.84 Å². The van der Waals surface area contributed by atoms with Crippen LogP contribution in [-0.2, 0) is 26.3 Å². The van der Waals surface area contributed by atoms with E-state index in [9.17, 15) is 40.4 Å². The number of carbonyl (C=O) groups excluding carboxylic acids is 1. The summed E-state index contributed by atoms with van der Waals surface area (Å²) in [7, 11) is -3.44. The molecule has 1 N–H and O–H groups in total. The van der Waals surface area contributed by atoms with Crippen molar-refractivity contribution in [1.29, 1.82) is 5.26 Å². The fraction of sp³-hybridized carbons (Fsp3) is 0.412. The summed E-state index contributed by atoms with van der Waals surface area (Å²) in [5, 5.41) is 12.4. The Morgan fingerprint density at radius 1 is 1.04 bits per heavy atom. The van der Waals surface area contributed by atoms with Gasteiger partial charge in [-0.25, -0.2) is 8.42 Å². The number of piperidine rings is 1. The first-order valence-corrected chi connectivity index (χ1v) is 16.6. The standard InChI is InChI=1S/C34H36F5N3O4S/c1-4-47(44,45)29-15-11-26(12-16-29)33(3,19-20-40)41-30(43)24-7-13-28(14-8-24)42-21-25(17-18-32(42,2)22-46-31(35)36)23-5-9-27(10-6-23)34(37,38)39/h5-16,25,31H,4,17-19,21-22H2,1-3H3,(H,41,43)/t25-,32-,33?/m1/s1. The maximum Gasteiger partial charge on any atom is 0.416 e. The number of carbonyl (C=O) groups is 1. The van der Waals surface area contributed by atoms with Gasteiger partial charge in [0.25, 0.3) is 5.91 Å². The van der Waals surface area contributed by atoms with Crippen LogP contribution in [0.1, 0.15) is 73.0 Å². The number of hydrogen-bond acceptors (Lipinski definition) is 6. The van der Waals surface area contributed by atoms with Crippen LogP contribution in [0.5, 0.6) is 0 Å². The lowest BCUT2D eigenvalue weighted by atomic mass is 9.80. The van der Waals surface area contributed by atoms with Crippen LogP contribution in [0.2, 0.25) is 0 Å². The molecule has 1 heterocycles. The van der Waals surface area contributed by atoms with Crippen LogP contribution in [0.25, 0.3) is 0 Å². The Kier molecular flexibility index (Phi) is 10.7. The Bertz CT molecular complexity index is 1690.